The number of nitrogens with one attached hydrogen (secondary N) is 1. The highest BCUT2D eigenvalue weighted by Gasteiger charge is 2.16. The van der Waals surface area contributed by atoms with Gasteiger partial charge in [-0.15, -0.1) is 0 Å². The smallest absolute Gasteiger partial charge is 0.255 e. The molecular weight excluding hydrogens is 404 g/mol. The molecule has 1 aromatic heterocycles. The quantitative estimate of drug-likeness (QED) is 0.444. The van der Waals surface area contributed by atoms with Crippen molar-refractivity contribution in [1.82, 2.24) is 4.98 Å². The lowest BCUT2D eigenvalue weighted by molar-refractivity contribution is 0.102. The molecule has 1 heterocycles. The molecule has 1 amide bonds. The SMILES string of the molecule is COc1cc(OC)cc(C(=O)Nc2cccc(-c3nc4cc(Cl)ccc4o3)c2C)c1. The van der Waals surface area contributed by atoms with Gasteiger partial charge in [0.1, 0.15) is 17.0 Å². The van der Waals surface area contributed by atoms with Crippen LogP contribution >= 0.6 is 11.6 Å². The van der Waals surface area contributed by atoms with Crippen LogP contribution in [0.25, 0.3) is 22.6 Å². The van der Waals surface area contributed by atoms with Gasteiger partial charge in [-0.2, -0.15) is 0 Å². The second-order valence-electron chi connectivity index (χ2n) is 6.66. The first-order chi connectivity index (χ1) is 14.5. The Morgan fingerprint density at radius 2 is 1.77 bits per heavy atom. The van der Waals surface area contributed by atoms with Gasteiger partial charge in [0.2, 0.25) is 5.89 Å². The van der Waals surface area contributed by atoms with E-state index < -0.39 is 0 Å². The molecular formula is C23H19ClN2O4. The van der Waals surface area contributed by atoms with E-state index in [9.17, 15) is 4.79 Å². The van der Waals surface area contributed by atoms with Crippen LogP contribution in [0.4, 0.5) is 5.69 Å². The number of hydrogen-bond donors (Lipinski definition) is 1. The van der Waals surface area contributed by atoms with Gasteiger partial charge in [0.15, 0.2) is 5.58 Å². The molecule has 1 N–H and O–H groups in total. The maximum atomic E-state index is 12.9. The average Bonchev–Trinajstić information content (AvgIpc) is 3.17. The molecule has 3 aromatic carbocycles. The predicted molar refractivity (Wildman–Crippen MR) is 117 cm³/mol. The summed E-state index contributed by atoms with van der Waals surface area (Å²) in [6.07, 6.45) is 0. The number of rotatable bonds is 5. The van der Waals surface area contributed by atoms with Crippen LogP contribution < -0.4 is 14.8 Å². The minimum absolute atomic E-state index is 0.281. The molecule has 0 aliphatic carbocycles. The van der Waals surface area contributed by atoms with E-state index in [2.05, 4.69) is 10.3 Å². The Balaban J connectivity index is 1.67. The van der Waals surface area contributed by atoms with Crippen molar-refractivity contribution in [2.45, 2.75) is 6.92 Å². The molecule has 4 rings (SSSR count). The first kappa shape index (κ1) is 19.8. The lowest BCUT2D eigenvalue weighted by Gasteiger charge is -2.12. The summed E-state index contributed by atoms with van der Waals surface area (Å²) in [7, 11) is 3.08. The molecule has 0 aliphatic heterocycles. The second-order valence-corrected chi connectivity index (χ2v) is 7.10. The number of carbonyl (C=O) groups excluding carboxylic acids is 1. The van der Waals surface area contributed by atoms with Gasteiger partial charge in [-0.1, -0.05) is 17.7 Å². The fourth-order valence-corrected chi connectivity index (χ4v) is 3.32. The van der Waals surface area contributed by atoms with Crippen LogP contribution in [-0.2, 0) is 0 Å². The molecule has 30 heavy (non-hydrogen) atoms. The number of aromatic nitrogens is 1. The first-order valence-electron chi connectivity index (χ1n) is 9.19. The zero-order chi connectivity index (χ0) is 21.3. The molecule has 0 saturated heterocycles. The van der Waals surface area contributed by atoms with Crippen molar-refractivity contribution in [3.63, 3.8) is 0 Å². The maximum Gasteiger partial charge on any atom is 0.255 e. The van der Waals surface area contributed by atoms with Gasteiger partial charge in [0.25, 0.3) is 5.91 Å². The zero-order valence-corrected chi connectivity index (χ0v) is 17.4. The molecule has 7 heteroatoms. The molecule has 0 radical (unpaired) electrons. The summed E-state index contributed by atoms with van der Waals surface area (Å²) in [5.41, 5.74) is 4.01. The van der Waals surface area contributed by atoms with Crippen molar-refractivity contribution in [3.05, 3.63) is 70.7 Å². The van der Waals surface area contributed by atoms with Gasteiger partial charge >= 0.3 is 0 Å². The van der Waals surface area contributed by atoms with E-state index >= 15 is 0 Å². The van der Waals surface area contributed by atoms with E-state index in [0.717, 1.165) is 11.1 Å². The summed E-state index contributed by atoms with van der Waals surface area (Å²) in [6, 6.07) is 15.9. The maximum absolute atomic E-state index is 12.9. The van der Waals surface area contributed by atoms with Crippen LogP contribution in [0.5, 0.6) is 11.5 Å². The molecule has 0 unspecified atom stereocenters. The van der Waals surface area contributed by atoms with Crippen molar-refractivity contribution < 1.29 is 18.7 Å². The third-order valence-corrected chi connectivity index (χ3v) is 5.01. The number of amides is 1. The van der Waals surface area contributed by atoms with E-state index in [0.29, 0.717) is 44.8 Å². The van der Waals surface area contributed by atoms with Crippen LogP contribution in [0.3, 0.4) is 0 Å². The van der Waals surface area contributed by atoms with E-state index in [-0.39, 0.29) is 5.91 Å². The normalized spacial score (nSPS) is 10.8. The summed E-state index contributed by atoms with van der Waals surface area (Å²) < 4.78 is 16.4. The fraction of sp³-hybridized carbons (Fsp3) is 0.130. The first-order valence-corrected chi connectivity index (χ1v) is 9.57. The highest BCUT2D eigenvalue weighted by atomic mass is 35.5. The molecule has 6 nitrogen and oxygen atoms in total. The van der Waals surface area contributed by atoms with Crippen molar-refractivity contribution >= 4 is 34.3 Å². The van der Waals surface area contributed by atoms with Crippen LogP contribution in [0.15, 0.2) is 59.0 Å². The van der Waals surface area contributed by atoms with Crippen LogP contribution in [0.1, 0.15) is 15.9 Å². The summed E-state index contributed by atoms with van der Waals surface area (Å²) in [5, 5.41) is 3.53. The van der Waals surface area contributed by atoms with Crippen LogP contribution in [0.2, 0.25) is 5.02 Å². The highest BCUT2D eigenvalue weighted by Crippen LogP contribution is 2.32. The highest BCUT2D eigenvalue weighted by molar-refractivity contribution is 6.31. The van der Waals surface area contributed by atoms with Gasteiger partial charge < -0.3 is 19.2 Å². The number of ether oxygens (including phenoxy) is 2. The van der Waals surface area contributed by atoms with Crippen molar-refractivity contribution in [3.8, 4) is 23.0 Å². The fourth-order valence-electron chi connectivity index (χ4n) is 3.15. The largest absolute Gasteiger partial charge is 0.497 e. The topological polar surface area (TPSA) is 73.6 Å². The molecule has 0 spiro atoms. The molecule has 0 bridgehead atoms. The number of methoxy groups -OCH3 is 2. The van der Waals surface area contributed by atoms with Crippen molar-refractivity contribution in [1.29, 1.82) is 0 Å². The number of fused-ring (bicyclic) bond motifs is 1. The van der Waals surface area contributed by atoms with E-state index in [1.165, 1.54) is 14.2 Å². The molecule has 0 saturated carbocycles. The van der Waals surface area contributed by atoms with Gasteiger partial charge in [0, 0.05) is 27.9 Å². The Kier molecular flexibility index (Phi) is 5.33. The number of anilines is 1. The van der Waals surface area contributed by atoms with Gasteiger partial charge in [0.05, 0.1) is 14.2 Å². The Morgan fingerprint density at radius 3 is 2.47 bits per heavy atom. The lowest BCUT2D eigenvalue weighted by atomic mass is 10.1. The Hall–Kier alpha value is -3.51. The zero-order valence-electron chi connectivity index (χ0n) is 16.7. The molecule has 0 fully saturated rings. The number of benzene rings is 3. The molecule has 0 atom stereocenters. The Morgan fingerprint density at radius 1 is 1.03 bits per heavy atom. The number of halogens is 1. The number of nitrogens with zero attached hydrogens (tertiary/aromatic N) is 1. The Bertz CT molecular complexity index is 1230. The third kappa shape index (κ3) is 3.82. The summed E-state index contributed by atoms with van der Waals surface area (Å²) >= 11 is 6.04. The van der Waals surface area contributed by atoms with Crippen molar-refractivity contribution in [2.75, 3.05) is 19.5 Å². The number of hydrogen-bond acceptors (Lipinski definition) is 5. The minimum Gasteiger partial charge on any atom is -0.497 e. The van der Waals surface area contributed by atoms with Crippen molar-refractivity contribution in [2.24, 2.45) is 0 Å². The van der Waals surface area contributed by atoms with E-state index in [1.54, 1.807) is 36.4 Å². The number of oxazole rings is 1. The summed E-state index contributed by atoms with van der Waals surface area (Å²) in [4.78, 5) is 17.4. The van der Waals surface area contributed by atoms with Gasteiger partial charge in [-0.3, -0.25) is 4.79 Å². The molecule has 4 aromatic rings. The standard InChI is InChI=1S/C23H19ClN2O4/c1-13-18(23-26-20-11-15(24)7-8-21(20)30-23)5-4-6-19(13)25-22(27)14-9-16(28-2)12-17(10-14)29-3/h4-12H,1-3H3,(H,25,27). The Labute approximate surface area is 178 Å². The minimum atomic E-state index is -0.281. The van der Waals surface area contributed by atoms with Gasteiger partial charge in [-0.05, 0) is 55.0 Å². The summed E-state index contributed by atoms with van der Waals surface area (Å²) in [6.45, 7) is 1.90. The predicted octanol–water partition coefficient (Wildman–Crippen LogP) is 5.73. The van der Waals surface area contributed by atoms with Crippen LogP contribution in [0, 0.1) is 6.92 Å². The van der Waals surface area contributed by atoms with Gasteiger partial charge in [-0.25, -0.2) is 4.98 Å². The lowest BCUT2D eigenvalue weighted by Crippen LogP contribution is -2.13. The summed E-state index contributed by atoms with van der Waals surface area (Å²) in [5.74, 6) is 1.26. The van der Waals surface area contributed by atoms with E-state index in [1.807, 2.05) is 25.1 Å². The number of carbonyl (C=O) groups is 1. The van der Waals surface area contributed by atoms with E-state index in [4.69, 9.17) is 25.5 Å². The molecule has 152 valence electrons. The monoisotopic (exact) mass is 422 g/mol. The third-order valence-electron chi connectivity index (χ3n) is 4.78. The van der Waals surface area contributed by atoms with Crippen LogP contribution in [-0.4, -0.2) is 25.1 Å². The second kappa shape index (κ2) is 8.08. The molecule has 0 aliphatic rings. The average molecular weight is 423 g/mol.